The summed E-state index contributed by atoms with van der Waals surface area (Å²) in [5.41, 5.74) is 1.10. The molecule has 0 bridgehead atoms. The van der Waals surface area contributed by atoms with Gasteiger partial charge in [0.15, 0.2) is 5.16 Å². The molecule has 3 aromatic rings. The second kappa shape index (κ2) is 6.07. The maximum atomic E-state index is 4.68. The molecule has 0 N–H and O–H groups in total. The number of hydrogen-bond acceptors (Lipinski definition) is 6. The number of thiazole rings is 1. The maximum Gasteiger partial charge on any atom is 0.191 e. The van der Waals surface area contributed by atoms with Crippen LogP contribution < -0.4 is 0 Å². The van der Waals surface area contributed by atoms with E-state index in [-0.39, 0.29) is 0 Å². The van der Waals surface area contributed by atoms with E-state index in [1.807, 2.05) is 0 Å². The van der Waals surface area contributed by atoms with Gasteiger partial charge in [-0.15, -0.1) is 32.9 Å². The van der Waals surface area contributed by atoms with Gasteiger partial charge in [-0.2, -0.15) is 0 Å². The summed E-state index contributed by atoms with van der Waals surface area (Å²) >= 11 is 5.11. The van der Waals surface area contributed by atoms with Crippen molar-refractivity contribution in [3.8, 4) is 9.88 Å². The minimum atomic E-state index is 0.379. The molecule has 104 valence electrons. The van der Waals surface area contributed by atoms with Crippen molar-refractivity contribution >= 4 is 34.4 Å². The Balaban J connectivity index is 1.68. The minimum absolute atomic E-state index is 0.379. The zero-order valence-corrected chi connectivity index (χ0v) is 13.6. The highest BCUT2D eigenvalue weighted by Gasteiger charge is 2.10. The van der Waals surface area contributed by atoms with Crippen molar-refractivity contribution < 1.29 is 0 Å². The first-order valence-electron chi connectivity index (χ1n) is 6.24. The lowest BCUT2D eigenvalue weighted by Crippen LogP contribution is -2.00. The standard InChI is InChI=1S/C13H14N4S3/c1-9(2)17-8-14-16-13(17)20-7-10-6-19-12(15-10)11-4-3-5-18-11/h3-6,8-9H,7H2,1-2H3. The molecule has 0 unspecified atom stereocenters. The van der Waals surface area contributed by atoms with Gasteiger partial charge in [-0.25, -0.2) is 4.98 Å². The van der Waals surface area contributed by atoms with Crippen LogP contribution >= 0.6 is 34.4 Å². The fourth-order valence-electron chi connectivity index (χ4n) is 1.71. The molecule has 0 saturated carbocycles. The summed E-state index contributed by atoms with van der Waals surface area (Å²) in [5, 5.41) is 14.4. The normalized spacial score (nSPS) is 11.3. The second-order valence-electron chi connectivity index (χ2n) is 4.52. The van der Waals surface area contributed by atoms with Gasteiger partial charge in [0.2, 0.25) is 0 Å². The van der Waals surface area contributed by atoms with Crippen LogP contribution in [0.3, 0.4) is 0 Å². The van der Waals surface area contributed by atoms with E-state index < -0.39 is 0 Å². The Hall–Kier alpha value is -1.18. The predicted molar refractivity (Wildman–Crippen MR) is 85.4 cm³/mol. The molecule has 0 spiro atoms. The lowest BCUT2D eigenvalue weighted by atomic mass is 10.4. The third kappa shape index (κ3) is 2.94. The Morgan fingerprint density at radius 2 is 2.25 bits per heavy atom. The molecule has 0 radical (unpaired) electrons. The predicted octanol–water partition coefficient (Wildman–Crippen LogP) is 4.34. The van der Waals surface area contributed by atoms with E-state index in [0.717, 1.165) is 21.6 Å². The first-order chi connectivity index (χ1) is 9.74. The van der Waals surface area contributed by atoms with E-state index in [1.165, 1.54) is 4.88 Å². The topological polar surface area (TPSA) is 43.6 Å². The first kappa shape index (κ1) is 13.8. The average Bonchev–Trinajstić information content (AvgIpc) is 3.16. The van der Waals surface area contributed by atoms with Crippen LogP contribution in [0.15, 0.2) is 34.4 Å². The zero-order valence-electron chi connectivity index (χ0n) is 11.2. The lowest BCUT2D eigenvalue weighted by molar-refractivity contribution is 0.549. The minimum Gasteiger partial charge on any atom is -0.306 e. The largest absolute Gasteiger partial charge is 0.306 e. The van der Waals surface area contributed by atoms with Crippen LogP contribution in [0.4, 0.5) is 0 Å². The van der Waals surface area contributed by atoms with E-state index in [2.05, 4.69) is 56.5 Å². The highest BCUT2D eigenvalue weighted by molar-refractivity contribution is 7.98. The molecule has 0 saturated heterocycles. The van der Waals surface area contributed by atoms with Crippen molar-refractivity contribution in [1.29, 1.82) is 0 Å². The zero-order chi connectivity index (χ0) is 13.9. The van der Waals surface area contributed by atoms with Crippen molar-refractivity contribution in [2.75, 3.05) is 0 Å². The van der Waals surface area contributed by atoms with Gasteiger partial charge in [-0.1, -0.05) is 17.8 Å². The molecule has 0 aromatic carbocycles. The molecule has 0 aliphatic carbocycles. The molecule has 3 heterocycles. The number of thiophene rings is 1. The monoisotopic (exact) mass is 322 g/mol. The quantitative estimate of drug-likeness (QED) is 0.656. The van der Waals surface area contributed by atoms with Crippen molar-refractivity contribution in [3.63, 3.8) is 0 Å². The maximum absolute atomic E-state index is 4.68. The molecule has 0 aliphatic heterocycles. The van der Waals surface area contributed by atoms with E-state index in [4.69, 9.17) is 0 Å². The van der Waals surface area contributed by atoms with Crippen LogP contribution in [0.25, 0.3) is 9.88 Å². The Kier molecular flexibility index (Phi) is 4.18. The lowest BCUT2D eigenvalue weighted by Gasteiger charge is -2.08. The summed E-state index contributed by atoms with van der Waals surface area (Å²) in [4.78, 5) is 5.91. The fraction of sp³-hybridized carbons (Fsp3) is 0.308. The number of aromatic nitrogens is 4. The molecular formula is C13H14N4S3. The molecule has 20 heavy (non-hydrogen) atoms. The fourth-order valence-corrected chi connectivity index (χ4v) is 4.39. The Labute approximate surface area is 129 Å². The Morgan fingerprint density at radius 1 is 1.35 bits per heavy atom. The van der Waals surface area contributed by atoms with Gasteiger partial charge in [-0.3, -0.25) is 0 Å². The molecule has 3 rings (SSSR count). The van der Waals surface area contributed by atoms with E-state index in [0.29, 0.717) is 6.04 Å². The van der Waals surface area contributed by atoms with Gasteiger partial charge in [0.1, 0.15) is 11.3 Å². The van der Waals surface area contributed by atoms with Crippen LogP contribution in [0.2, 0.25) is 0 Å². The summed E-state index contributed by atoms with van der Waals surface area (Å²) in [5.74, 6) is 0.827. The summed E-state index contributed by atoms with van der Waals surface area (Å²) in [6, 6.07) is 4.54. The molecule has 7 heteroatoms. The Morgan fingerprint density at radius 3 is 3.00 bits per heavy atom. The van der Waals surface area contributed by atoms with Crippen LogP contribution in [0.1, 0.15) is 25.6 Å². The molecule has 0 fully saturated rings. The van der Waals surface area contributed by atoms with Crippen LogP contribution in [0.5, 0.6) is 0 Å². The van der Waals surface area contributed by atoms with Crippen LogP contribution in [0, 0.1) is 0 Å². The van der Waals surface area contributed by atoms with E-state index >= 15 is 0 Å². The summed E-state index contributed by atoms with van der Waals surface area (Å²) in [6.07, 6.45) is 1.78. The third-order valence-corrected chi connectivity index (χ3v) is 5.65. The molecule has 0 atom stereocenters. The molecule has 4 nitrogen and oxygen atoms in total. The first-order valence-corrected chi connectivity index (χ1v) is 8.99. The number of thioether (sulfide) groups is 1. The van der Waals surface area contributed by atoms with Crippen molar-refractivity contribution in [3.05, 3.63) is 34.9 Å². The Bertz CT molecular complexity index is 669. The SMILES string of the molecule is CC(C)n1cnnc1SCc1csc(-c2cccs2)n1. The average molecular weight is 322 g/mol. The smallest absolute Gasteiger partial charge is 0.191 e. The van der Waals surface area contributed by atoms with Gasteiger partial charge in [0.25, 0.3) is 0 Å². The molecule has 0 aliphatic rings. The van der Waals surface area contributed by atoms with Gasteiger partial charge in [0, 0.05) is 17.2 Å². The van der Waals surface area contributed by atoms with Crippen LogP contribution in [-0.4, -0.2) is 19.7 Å². The van der Waals surface area contributed by atoms with Crippen LogP contribution in [-0.2, 0) is 5.75 Å². The van der Waals surface area contributed by atoms with Gasteiger partial charge >= 0.3 is 0 Å². The third-order valence-electron chi connectivity index (χ3n) is 2.73. The molecule has 0 amide bonds. The number of rotatable bonds is 5. The molecular weight excluding hydrogens is 308 g/mol. The molecule has 3 aromatic heterocycles. The summed E-state index contributed by atoms with van der Waals surface area (Å²) < 4.78 is 2.08. The number of nitrogens with zero attached hydrogens (tertiary/aromatic N) is 4. The highest BCUT2D eigenvalue weighted by atomic mass is 32.2. The summed E-state index contributed by atoms with van der Waals surface area (Å²) in [6.45, 7) is 4.26. The van der Waals surface area contributed by atoms with E-state index in [1.54, 1.807) is 40.8 Å². The van der Waals surface area contributed by atoms with Crippen molar-refractivity contribution in [1.82, 2.24) is 19.7 Å². The van der Waals surface area contributed by atoms with Gasteiger partial charge in [0.05, 0.1) is 10.6 Å². The summed E-state index contributed by atoms with van der Waals surface area (Å²) in [7, 11) is 0. The van der Waals surface area contributed by atoms with Crippen molar-refractivity contribution in [2.45, 2.75) is 30.8 Å². The van der Waals surface area contributed by atoms with Gasteiger partial charge in [-0.05, 0) is 25.3 Å². The number of hydrogen-bond donors (Lipinski definition) is 0. The highest BCUT2D eigenvalue weighted by Crippen LogP contribution is 2.30. The van der Waals surface area contributed by atoms with E-state index in [9.17, 15) is 0 Å². The second-order valence-corrected chi connectivity index (χ2v) is 7.27. The van der Waals surface area contributed by atoms with Gasteiger partial charge < -0.3 is 4.57 Å². The van der Waals surface area contributed by atoms with Crippen molar-refractivity contribution in [2.24, 2.45) is 0 Å².